The van der Waals surface area contributed by atoms with Crippen LogP contribution in [0.3, 0.4) is 0 Å². The van der Waals surface area contributed by atoms with Gasteiger partial charge in [0.05, 0.1) is 22.5 Å². The van der Waals surface area contributed by atoms with E-state index < -0.39 is 22.4 Å². The molecule has 176 valence electrons. The van der Waals surface area contributed by atoms with Crippen LogP contribution in [0.5, 0.6) is 0 Å². The predicted octanol–water partition coefficient (Wildman–Crippen LogP) is 1.94. The predicted molar refractivity (Wildman–Crippen MR) is 121 cm³/mol. The highest BCUT2D eigenvalue weighted by molar-refractivity contribution is 7.78. The van der Waals surface area contributed by atoms with Gasteiger partial charge in [0, 0.05) is 30.1 Å². The number of rotatable bonds is 5. The molecule has 1 atom stereocenters. The molecular weight excluding hydrogens is 448 g/mol. The number of hydroxylamine groups is 2. The molecule has 3 aromatic rings. The van der Waals surface area contributed by atoms with E-state index in [9.17, 15) is 18.4 Å². The van der Waals surface area contributed by atoms with Gasteiger partial charge in [-0.25, -0.2) is 19.0 Å². The summed E-state index contributed by atoms with van der Waals surface area (Å²) >= 11 is -2.09. The Bertz CT molecular complexity index is 1260. The SMILES string of the molecule is CC(C)(C)C(=O)ON1CCC(n2nc(C(N)=O)c3ccc4cnc(CS(=O)O)nc4c32)CC1. The first-order valence-electron chi connectivity index (χ1n) is 10.6. The number of piperidine rings is 1. The number of primary amides is 1. The molecule has 4 rings (SSSR count). The molecule has 0 aliphatic carbocycles. The molecule has 3 heterocycles. The van der Waals surface area contributed by atoms with Gasteiger partial charge in [-0.1, -0.05) is 6.07 Å². The zero-order valence-electron chi connectivity index (χ0n) is 18.6. The van der Waals surface area contributed by atoms with Gasteiger partial charge >= 0.3 is 5.97 Å². The van der Waals surface area contributed by atoms with Crippen LogP contribution in [0.4, 0.5) is 0 Å². The first-order chi connectivity index (χ1) is 15.5. The molecule has 1 aromatic carbocycles. The first-order valence-corrected chi connectivity index (χ1v) is 11.8. The van der Waals surface area contributed by atoms with Crippen molar-refractivity contribution in [1.82, 2.24) is 24.8 Å². The summed E-state index contributed by atoms with van der Waals surface area (Å²) in [4.78, 5) is 38.5. The van der Waals surface area contributed by atoms with Gasteiger partial charge in [-0.05, 0) is 39.7 Å². The lowest BCUT2D eigenvalue weighted by Gasteiger charge is -2.32. The van der Waals surface area contributed by atoms with E-state index >= 15 is 0 Å². The average molecular weight is 475 g/mol. The van der Waals surface area contributed by atoms with Crippen LogP contribution in [-0.4, -0.2) is 58.5 Å². The van der Waals surface area contributed by atoms with Gasteiger partial charge in [-0.2, -0.15) is 5.10 Å². The summed E-state index contributed by atoms with van der Waals surface area (Å²) in [6.45, 7) is 6.42. The van der Waals surface area contributed by atoms with Crippen LogP contribution in [0, 0.1) is 5.41 Å². The Hall–Kier alpha value is -2.96. The Morgan fingerprint density at radius 1 is 1.27 bits per heavy atom. The van der Waals surface area contributed by atoms with Gasteiger partial charge in [0.2, 0.25) is 0 Å². The smallest absolute Gasteiger partial charge is 0.330 e. The molecule has 1 aliphatic heterocycles. The third-order valence-electron chi connectivity index (χ3n) is 5.55. The first kappa shape index (κ1) is 23.2. The number of hydrogen-bond donors (Lipinski definition) is 2. The molecule has 11 nitrogen and oxygen atoms in total. The average Bonchev–Trinajstić information content (AvgIpc) is 3.13. The lowest BCUT2D eigenvalue weighted by atomic mass is 9.98. The van der Waals surface area contributed by atoms with Crippen molar-refractivity contribution in [2.45, 2.75) is 45.4 Å². The van der Waals surface area contributed by atoms with Gasteiger partial charge in [-0.15, -0.1) is 5.06 Å². The van der Waals surface area contributed by atoms with Crippen molar-refractivity contribution in [3.05, 3.63) is 29.8 Å². The molecule has 1 saturated heterocycles. The van der Waals surface area contributed by atoms with Crippen molar-refractivity contribution >= 4 is 44.8 Å². The van der Waals surface area contributed by atoms with Crippen molar-refractivity contribution in [3.63, 3.8) is 0 Å². The highest BCUT2D eigenvalue weighted by atomic mass is 32.2. The number of hydrogen-bond acceptors (Lipinski definition) is 8. The van der Waals surface area contributed by atoms with Crippen molar-refractivity contribution in [1.29, 1.82) is 0 Å². The van der Waals surface area contributed by atoms with Crippen LogP contribution in [0.2, 0.25) is 0 Å². The minimum atomic E-state index is -2.09. The number of nitrogens with two attached hydrogens (primary N) is 1. The third-order valence-corrected chi connectivity index (χ3v) is 6.05. The zero-order valence-corrected chi connectivity index (χ0v) is 19.5. The molecule has 1 aliphatic rings. The number of carbonyl (C=O) groups excluding carboxylic acids is 2. The molecule has 0 bridgehead atoms. The molecule has 0 saturated carbocycles. The number of benzene rings is 1. The maximum atomic E-state index is 12.2. The quantitative estimate of drug-likeness (QED) is 0.528. The Labute approximate surface area is 192 Å². The molecule has 0 spiro atoms. The van der Waals surface area contributed by atoms with Crippen molar-refractivity contribution in [2.24, 2.45) is 11.1 Å². The fraction of sp³-hybridized carbons (Fsp3) is 0.476. The summed E-state index contributed by atoms with van der Waals surface area (Å²) in [5, 5.41) is 7.45. The zero-order chi connectivity index (χ0) is 23.9. The number of amides is 1. The minimum absolute atomic E-state index is 0.0822. The second-order valence-electron chi connectivity index (χ2n) is 9.10. The molecule has 1 fully saturated rings. The topological polar surface area (TPSA) is 154 Å². The molecule has 2 aromatic heterocycles. The van der Waals surface area contributed by atoms with Gasteiger partial charge in [0.1, 0.15) is 11.6 Å². The second kappa shape index (κ2) is 8.76. The number of fused-ring (bicyclic) bond motifs is 3. The van der Waals surface area contributed by atoms with E-state index in [1.165, 1.54) is 0 Å². The van der Waals surface area contributed by atoms with E-state index in [0.29, 0.717) is 47.7 Å². The van der Waals surface area contributed by atoms with E-state index in [2.05, 4.69) is 15.1 Å². The fourth-order valence-corrected chi connectivity index (χ4v) is 4.17. The van der Waals surface area contributed by atoms with Crippen LogP contribution in [0.15, 0.2) is 18.3 Å². The van der Waals surface area contributed by atoms with E-state index in [0.717, 1.165) is 0 Å². The fourth-order valence-electron chi connectivity index (χ4n) is 3.81. The summed E-state index contributed by atoms with van der Waals surface area (Å²) in [5.74, 6) is -0.938. The van der Waals surface area contributed by atoms with Crippen LogP contribution in [0.25, 0.3) is 21.8 Å². The van der Waals surface area contributed by atoms with E-state index in [1.807, 2.05) is 0 Å². The van der Waals surface area contributed by atoms with Crippen LogP contribution in [-0.2, 0) is 26.5 Å². The standard InChI is InChI=1S/C21H26N6O5S/c1-21(2,3)20(29)32-26-8-6-13(7-9-26)27-18-14(17(25-27)19(22)28)5-4-12-10-23-15(11-33(30)31)24-16(12)18/h4-5,10,13H,6-9,11H2,1-3H3,(H2,22,28)(H,30,31). The molecule has 33 heavy (non-hydrogen) atoms. The van der Waals surface area contributed by atoms with Gasteiger partial charge in [0.25, 0.3) is 5.91 Å². The van der Waals surface area contributed by atoms with E-state index in [1.54, 1.807) is 48.8 Å². The number of aromatic nitrogens is 4. The van der Waals surface area contributed by atoms with Gasteiger partial charge in [-0.3, -0.25) is 9.48 Å². The Balaban J connectivity index is 1.71. The van der Waals surface area contributed by atoms with Crippen LogP contribution in [0.1, 0.15) is 56.0 Å². The lowest BCUT2D eigenvalue weighted by Crippen LogP contribution is -2.39. The largest absolute Gasteiger partial charge is 0.367 e. The van der Waals surface area contributed by atoms with Crippen LogP contribution < -0.4 is 5.73 Å². The third kappa shape index (κ3) is 4.72. The summed E-state index contributed by atoms with van der Waals surface area (Å²) in [6, 6.07) is 3.44. The van der Waals surface area contributed by atoms with Crippen LogP contribution >= 0.6 is 0 Å². The summed E-state index contributed by atoms with van der Waals surface area (Å²) in [5.41, 5.74) is 6.29. The van der Waals surface area contributed by atoms with Gasteiger partial charge < -0.3 is 15.1 Å². The molecule has 12 heteroatoms. The maximum Gasteiger partial charge on any atom is 0.330 e. The van der Waals surface area contributed by atoms with Crippen molar-refractivity contribution in [3.8, 4) is 0 Å². The number of nitrogens with zero attached hydrogens (tertiary/aromatic N) is 5. The highest BCUT2D eigenvalue weighted by Gasteiger charge is 2.30. The number of carbonyl (C=O) groups is 2. The molecule has 0 radical (unpaired) electrons. The van der Waals surface area contributed by atoms with Gasteiger partial charge in [0.15, 0.2) is 16.8 Å². The van der Waals surface area contributed by atoms with Crippen molar-refractivity contribution < 1.29 is 23.2 Å². The van der Waals surface area contributed by atoms with Crippen molar-refractivity contribution in [2.75, 3.05) is 13.1 Å². The minimum Gasteiger partial charge on any atom is -0.367 e. The maximum absolute atomic E-state index is 12.2. The summed E-state index contributed by atoms with van der Waals surface area (Å²) < 4.78 is 22.3. The van der Waals surface area contributed by atoms with E-state index in [-0.39, 0.29) is 29.3 Å². The Kier molecular flexibility index (Phi) is 6.16. The van der Waals surface area contributed by atoms with E-state index in [4.69, 9.17) is 10.6 Å². The summed E-state index contributed by atoms with van der Waals surface area (Å²) in [7, 11) is 0. The second-order valence-corrected chi connectivity index (χ2v) is 10.0. The Morgan fingerprint density at radius 3 is 2.58 bits per heavy atom. The molecule has 3 N–H and O–H groups in total. The molecule has 1 unspecified atom stereocenters. The Morgan fingerprint density at radius 2 is 1.97 bits per heavy atom. The monoisotopic (exact) mass is 474 g/mol. The molecule has 1 amide bonds. The summed E-state index contributed by atoms with van der Waals surface area (Å²) in [6.07, 6.45) is 2.84. The molecular formula is C21H26N6O5S. The highest BCUT2D eigenvalue weighted by Crippen LogP contribution is 2.32. The lowest BCUT2D eigenvalue weighted by molar-refractivity contribution is -0.205. The normalized spacial score (nSPS) is 16.8.